The molecule has 4 aliphatic carbocycles. The Labute approximate surface area is 241 Å². The van der Waals surface area contributed by atoms with Crippen LogP contribution in [0.4, 0.5) is 0 Å². The van der Waals surface area contributed by atoms with E-state index in [1.54, 1.807) is 0 Å². The van der Waals surface area contributed by atoms with Gasteiger partial charge in [0.1, 0.15) is 0 Å². The van der Waals surface area contributed by atoms with Gasteiger partial charge in [-0.3, -0.25) is 0 Å². The predicted octanol–water partition coefficient (Wildman–Crippen LogP) is 8.83. The summed E-state index contributed by atoms with van der Waals surface area (Å²) in [5.74, 6) is 0. The van der Waals surface area contributed by atoms with Crippen LogP contribution in [0.15, 0.2) is 146 Å². The molecule has 0 saturated carbocycles. The maximum absolute atomic E-state index is 3.14. The van der Waals surface area contributed by atoms with E-state index in [2.05, 4.69) is 109 Å². The molecule has 0 nitrogen and oxygen atoms in total. The molecule has 0 amide bonds. The van der Waals surface area contributed by atoms with Crippen molar-refractivity contribution in [2.75, 3.05) is 0 Å². The summed E-state index contributed by atoms with van der Waals surface area (Å²) in [6.07, 6.45) is 0. The Kier molecular flexibility index (Phi) is 13.1. The van der Waals surface area contributed by atoms with Gasteiger partial charge in [0, 0.05) is 0 Å². The second kappa shape index (κ2) is 16.0. The van der Waals surface area contributed by atoms with Gasteiger partial charge >= 0.3 is 99.2 Å². The molecule has 36 heavy (non-hydrogen) atoms. The van der Waals surface area contributed by atoms with E-state index in [0.29, 0.717) is 0 Å². The summed E-state index contributed by atoms with van der Waals surface area (Å²) in [7, 11) is 0. The molecular weight excluding hydrogens is 558 g/mol. The molecule has 0 fully saturated rings. The van der Waals surface area contributed by atoms with Crippen LogP contribution in [0.1, 0.15) is 11.1 Å². The number of halogens is 2. The molecule has 0 unspecified atom stereocenters. The van der Waals surface area contributed by atoms with Crippen molar-refractivity contribution in [2.45, 2.75) is 0 Å². The Morgan fingerprint density at radius 2 is 0.750 bits per heavy atom. The predicted molar refractivity (Wildman–Crippen MR) is 154 cm³/mol. The molecule has 4 aliphatic rings. The minimum absolute atomic E-state index is 0. The Hall–Kier alpha value is -2.83. The summed E-state index contributed by atoms with van der Waals surface area (Å²) in [6, 6.07) is 55.9. The number of fused-ring (bicyclic) bond motifs is 2. The minimum atomic E-state index is 0. The summed E-state index contributed by atoms with van der Waals surface area (Å²) in [5.41, 5.74) is 7.54. The molecule has 3 heteroatoms. The Morgan fingerprint density at radius 3 is 1.14 bits per heavy atom. The molecule has 2 aromatic rings. The Bertz CT molecular complexity index is 1200. The van der Waals surface area contributed by atoms with E-state index < -0.39 is 0 Å². The fourth-order valence-corrected chi connectivity index (χ4v) is 4.31. The average molecular weight is 585 g/mol. The van der Waals surface area contributed by atoms with Gasteiger partial charge in [0.25, 0.3) is 0 Å². The van der Waals surface area contributed by atoms with Crippen LogP contribution < -0.4 is 0 Å². The number of hydrogen-bond donors (Lipinski definition) is 0. The van der Waals surface area contributed by atoms with Gasteiger partial charge in [0.2, 0.25) is 0 Å². The van der Waals surface area contributed by atoms with Gasteiger partial charge in [0.15, 0.2) is 0 Å². The third kappa shape index (κ3) is 8.68. The van der Waals surface area contributed by atoms with Crippen LogP contribution in [0.3, 0.4) is 0 Å². The first-order valence-electron chi connectivity index (χ1n) is 11.2. The quantitative estimate of drug-likeness (QED) is 0.178. The van der Waals surface area contributed by atoms with Crippen LogP contribution >= 0.6 is 24.8 Å². The second-order valence-electron chi connectivity index (χ2n) is 7.62. The molecule has 176 valence electrons. The van der Waals surface area contributed by atoms with Gasteiger partial charge in [0.05, 0.1) is 0 Å². The zero-order valence-corrected chi connectivity index (χ0v) is 23.8. The molecule has 0 spiro atoms. The van der Waals surface area contributed by atoms with Crippen molar-refractivity contribution < 1.29 is 24.2 Å². The summed E-state index contributed by atoms with van der Waals surface area (Å²) >= 11 is 1.46. The third-order valence-corrected chi connectivity index (χ3v) is 6.69. The summed E-state index contributed by atoms with van der Waals surface area (Å²) in [4.78, 5) is 0. The number of rotatable bonds is 2. The van der Waals surface area contributed by atoms with E-state index >= 15 is 0 Å². The third-order valence-electron chi connectivity index (χ3n) is 5.27. The van der Waals surface area contributed by atoms with Crippen molar-refractivity contribution >= 4 is 28.0 Å². The van der Waals surface area contributed by atoms with E-state index in [0.717, 1.165) is 0 Å². The van der Waals surface area contributed by atoms with Crippen molar-refractivity contribution in [1.29, 1.82) is 0 Å². The average Bonchev–Trinajstić information content (AvgIpc) is 3.41. The molecular formula is C33H26Cl2Zr. The second-order valence-corrected chi connectivity index (χ2v) is 8.85. The van der Waals surface area contributed by atoms with Crippen LogP contribution in [0.5, 0.6) is 0 Å². The molecule has 0 aromatic heterocycles. The maximum Gasteiger partial charge on any atom is -0.0723 e. The largest absolute Gasteiger partial charge is 0.168 e. The molecule has 0 aliphatic heterocycles. The normalized spacial score (nSPS) is 9.39. The van der Waals surface area contributed by atoms with Crippen LogP contribution in [0.2, 0.25) is 0 Å². The van der Waals surface area contributed by atoms with Crippen molar-refractivity contribution in [2.24, 2.45) is 0 Å². The monoisotopic (exact) mass is 582 g/mol. The molecule has 0 heterocycles. The van der Waals surface area contributed by atoms with E-state index in [9.17, 15) is 0 Å². The first kappa shape index (κ1) is 29.4. The van der Waals surface area contributed by atoms with Crippen LogP contribution in [-0.4, -0.2) is 3.21 Å². The van der Waals surface area contributed by atoms with E-state index in [1.165, 1.54) is 60.8 Å². The molecule has 6 rings (SSSR count). The van der Waals surface area contributed by atoms with Gasteiger partial charge in [-0.25, -0.2) is 0 Å². The topological polar surface area (TPSA) is 0 Å². The Morgan fingerprint density at radius 1 is 0.417 bits per heavy atom. The van der Waals surface area contributed by atoms with Crippen molar-refractivity contribution in [3.05, 3.63) is 169 Å². The standard InChI is InChI=1S/C13H10.2C10H7.2ClH.Zr/c1-3-7-12(8-4-1)11-13-9-5-2-6-10-13;2*1-2-5-9-7-4-8-10(9)6-3-1;;;/h1-10H;2*1-7H;2*1H;/q;2*-1;;;+2. The van der Waals surface area contributed by atoms with E-state index in [1.807, 2.05) is 48.5 Å². The zero-order chi connectivity index (χ0) is 23.4. The SMILES string of the molecule is Cl.Cl.[Zr+2]=[C](c1ccccc1)c1ccccc1.[c-]1ccc2cccccc1-2.[c-]1ccc2cccccc1-2. The fraction of sp³-hybridized carbons (Fsp3) is 0. The van der Waals surface area contributed by atoms with Crippen LogP contribution in [-0.2, 0) is 24.2 Å². The van der Waals surface area contributed by atoms with Crippen molar-refractivity contribution in [1.82, 2.24) is 0 Å². The van der Waals surface area contributed by atoms with Gasteiger partial charge in [-0.15, -0.1) is 84.5 Å². The number of hydrogen-bond acceptors (Lipinski definition) is 0. The molecule has 0 radical (unpaired) electrons. The minimum Gasteiger partial charge on any atom is -0.168 e. The first-order valence-corrected chi connectivity index (χ1v) is 12.4. The first-order chi connectivity index (χ1) is 16.8. The molecule has 0 bridgehead atoms. The Balaban J connectivity index is 0.000000188. The van der Waals surface area contributed by atoms with Crippen molar-refractivity contribution in [3.63, 3.8) is 0 Å². The summed E-state index contributed by atoms with van der Waals surface area (Å²) in [5, 5.41) is 0. The van der Waals surface area contributed by atoms with E-state index in [4.69, 9.17) is 0 Å². The van der Waals surface area contributed by atoms with Gasteiger partial charge in [-0.1, -0.05) is 24.3 Å². The smallest absolute Gasteiger partial charge is 0.0723 e. The van der Waals surface area contributed by atoms with Crippen LogP contribution in [0, 0.1) is 12.1 Å². The molecule has 2 aromatic carbocycles. The molecule has 0 N–H and O–H groups in total. The van der Waals surface area contributed by atoms with Gasteiger partial charge < -0.3 is 0 Å². The van der Waals surface area contributed by atoms with Crippen LogP contribution in [0.25, 0.3) is 22.3 Å². The maximum atomic E-state index is 3.14. The van der Waals surface area contributed by atoms with Gasteiger partial charge in [-0.05, 0) is 0 Å². The van der Waals surface area contributed by atoms with E-state index in [-0.39, 0.29) is 24.8 Å². The van der Waals surface area contributed by atoms with Gasteiger partial charge in [-0.2, -0.15) is 35.4 Å². The molecule has 0 saturated heterocycles. The zero-order valence-electron chi connectivity index (χ0n) is 19.7. The fourth-order valence-electron chi connectivity index (χ4n) is 3.49. The molecule has 0 atom stereocenters. The number of benzene rings is 2. The summed E-state index contributed by atoms with van der Waals surface area (Å²) < 4.78 is 1.42. The van der Waals surface area contributed by atoms with Crippen molar-refractivity contribution in [3.8, 4) is 22.3 Å². The summed E-state index contributed by atoms with van der Waals surface area (Å²) in [6.45, 7) is 0.